The fourth-order valence-corrected chi connectivity index (χ4v) is 2.94. The number of aliphatic imine (C=N–C) groups is 1. The topological polar surface area (TPSA) is 50.7 Å². The number of carbonyl (C=O) groups excluding carboxylic acids is 1. The summed E-state index contributed by atoms with van der Waals surface area (Å²) >= 11 is 0. The van der Waals surface area contributed by atoms with E-state index in [9.17, 15) is 4.79 Å². The van der Waals surface area contributed by atoms with Gasteiger partial charge >= 0.3 is 0 Å². The zero-order chi connectivity index (χ0) is 20.8. The summed E-state index contributed by atoms with van der Waals surface area (Å²) in [6.45, 7) is 8.13. The van der Waals surface area contributed by atoms with Crippen molar-refractivity contribution in [2.75, 3.05) is 11.9 Å². The Morgan fingerprint density at radius 2 is 1.76 bits per heavy atom. The largest absolute Gasteiger partial charge is 0.484 e. The van der Waals surface area contributed by atoms with Gasteiger partial charge in [-0.2, -0.15) is 0 Å². The number of carbonyl (C=O) groups is 1. The lowest BCUT2D eigenvalue weighted by molar-refractivity contribution is -0.118. The first-order chi connectivity index (χ1) is 13.9. The third-order valence-corrected chi connectivity index (χ3v) is 4.72. The van der Waals surface area contributed by atoms with Crippen molar-refractivity contribution in [2.24, 2.45) is 4.99 Å². The molecule has 3 aromatic carbocycles. The summed E-state index contributed by atoms with van der Waals surface area (Å²) < 4.78 is 5.65. The minimum absolute atomic E-state index is 0.0510. The van der Waals surface area contributed by atoms with Crippen molar-refractivity contribution in [3.8, 4) is 5.75 Å². The van der Waals surface area contributed by atoms with Gasteiger partial charge in [0.15, 0.2) is 6.61 Å². The van der Waals surface area contributed by atoms with Crippen molar-refractivity contribution >= 4 is 23.5 Å². The van der Waals surface area contributed by atoms with E-state index in [0.29, 0.717) is 5.75 Å². The van der Waals surface area contributed by atoms with Gasteiger partial charge in [-0.15, -0.1) is 0 Å². The highest BCUT2D eigenvalue weighted by atomic mass is 16.5. The van der Waals surface area contributed by atoms with Gasteiger partial charge in [-0.1, -0.05) is 35.9 Å². The molecule has 0 radical (unpaired) electrons. The molecule has 4 nitrogen and oxygen atoms in total. The molecule has 3 aromatic rings. The van der Waals surface area contributed by atoms with Crippen LogP contribution in [0.2, 0.25) is 0 Å². The maximum Gasteiger partial charge on any atom is 0.262 e. The molecule has 1 amide bonds. The highest BCUT2D eigenvalue weighted by Crippen LogP contribution is 2.20. The van der Waals surface area contributed by atoms with E-state index in [1.807, 2.05) is 75.4 Å². The molecular formula is C25H26N2O2. The van der Waals surface area contributed by atoms with E-state index in [-0.39, 0.29) is 12.5 Å². The quantitative estimate of drug-likeness (QED) is 0.553. The smallest absolute Gasteiger partial charge is 0.262 e. The van der Waals surface area contributed by atoms with Crippen LogP contribution < -0.4 is 10.1 Å². The lowest BCUT2D eigenvalue weighted by atomic mass is 10.1. The van der Waals surface area contributed by atoms with Gasteiger partial charge in [0.25, 0.3) is 5.91 Å². The standard InChI is InChI=1S/C25H26N2O2/c1-17-8-11-24(20(4)12-17)26-15-21-6-5-7-23(14-21)29-16-25(28)27-22-10-9-18(2)19(3)13-22/h5-15H,16H2,1-4H3,(H,27,28). The number of nitrogens with zero attached hydrogens (tertiary/aromatic N) is 1. The molecule has 0 aromatic heterocycles. The molecular weight excluding hydrogens is 360 g/mol. The number of ether oxygens (including phenoxy) is 1. The maximum absolute atomic E-state index is 12.2. The van der Waals surface area contributed by atoms with Crippen molar-refractivity contribution in [2.45, 2.75) is 27.7 Å². The predicted molar refractivity (Wildman–Crippen MR) is 120 cm³/mol. The first kappa shape index (κ1) is 20.3. The van der Waals surface area contributed by atoms with Crippen LogP contribution in [0.3, 0.4) is 0 Å². The highest BCUT2D eigenvalue weighted by Gasteiger charge is 2.05. The minimum atomic E-state index is -0.192. The van der Waals surface area contributed by atoms with Crippen molar-refractivity contribution < 1.29 is 9.53 Å². The molecule has 0 aliphatic rings. The van der Waals surface area contributed by atoms with Crippen LogP contribution in [0.25, 0.3) is 0 Å². The second-order valence-corrected chi connectivity index (χ2v) is 7.26. The number of benzene rings is 3. The number of hydrogen-bond acceptors (Lipinski definition) is 3. The van der Waals surface area contributed by atoms with Gasteiger partial charge in [0.05, 0.1) is 5.69 Å². The van der Waals surface area contributed by atoms with Crippen LogP contribution in [0.1, 0.15) is 27.8 Å². The number of nitrogens with one attached hydrogen (secondary N) is 1. The van der Waals surface area contributed by atoms with E-state index in [4.69, 9.17) is 4.74 Å². The Balaban J connectivity index is 1.60. The molecule has 0 heterocycles. The number of aryl methyl sites for hydroxylation is 4. The molecule has 0 saturated heterocycles. The Morgan fingerprint density at radius 3 is 2.52 bits per heavy atom. The SMILES string of the molecule is Cc1ccc(N=Cc2cccc(OCC(=O)Nc3ccc(C)c(C)c3)c2)c(C)c1. The number of rotatable bonds is 6. The summed E-state index contributed by atoms with van der Waals surface area (Å²) in [6.07, 6.45) is 1.81. The highest BCUT2D eigenvalue weighted by molar-refractivity contribution is 5.92. The second-order valence-electron chi connectivity index (χ2n) is 7.26. The average molecular weight is 386 g/mol. The van der Waals surface area contributed by atoms with Crippen LogP contribution in [0.4, 0.5) is 11.4 Å². The molecule has 0 aliphatic heterocycles. The summed E-state index contributed by atoms with van der Waals surface area (Å²) in [7, 11) is 0. The lowest BCUT2D eigenvalue weighted by Gasteiger charge is -2.09. The van der Waals surface area contributed by atoms with Gasteiger partial charge in [0, 0.05) is 11.9 Å². The van der Waals surface area contributed by atoms with Crippen LogP contribution in [0.15, 0.2) is 65.7 Å². The second kappa shape index (κ2) is 9.20. The van der Waals surface area contributed by atoms with Crippen LogP contribution in [-0.4, -0.2) is 18.7 Å². The summed E-state index contributed by atoms with van der Waals surface area (Å²) in [6, 6.07) is 19.6. The van der Waals surface area contributed by atoms with E-state index in [0.717, 1.165) is 28.1 Å². The summed E-state index contributed by atoms with van der Waals surface area (Å²) in [4.78, 5) is 16.7. The van der Waals surface area contributed by atoms with Crippen LogP contribution in [-0.2, 0) is 4.79 Å². The first-order valence-electron chi connectivity index (χ1n) is 9.62. The van der Waals surface area contributed by atoms with E-state index in [2.05, 4.69) is 23.3 Å². The van der Waals surface area contributed by atoms with Gasteiger partial charge in [-0.05, 0) is 80.3 Å². The predicted octanol–water partition coefficient (Wildman–Crippen LogP) is 5.69. The number of hydrogen-bond donors (Lipinski definition) is 1. The van der Waals surface area contributed by atoms with E-state index in [1.54, 1.807) is 6.21 Å². The van der Waals surface area contributed by atoms with Gasteiger partial charge in [0.1, 0.15) is 5.75 Å². The fourth-order valence-electron chi connectivity index (χ4n) is 2.94. The molecule has 1 N–H and O–H groups in total. The third-order valence-electron chi connectivity index (χ3n) is 4.72. The van der Waals surface area contributed by atoms with Gasteiger partial charge in [-0.25, -0.2) is 0 Å². The van der Waals surface area contributed by atoms with Crippen molar-refractivity contribution in [1.82, 2.24) is 0 Å². The van der Waals surface area contributed by atoms with Crippen molar-refractivity contribution in [3.05, 3.63) is 88.5 Å². The Labute approximate surface area is 172 Å². The van der Waals surface area contributed by atoms with E-state index < -0.39 is 0 Å². The molecule has 0 saturated carbocycles. The number of anilines is 1. The molecule has 3 rings (SSSR count). The zero-order valence-corrected chi connectivity index (χ0v) is 17.3. The lowest BCUT2D eigenvalue weighted by Crippen LogP contribution is -2.20. The maximum atomic E-state index is 12.2. The molecule has 4 heteroatoms. The summed E-state index contributed by atoms with van der Waals surface area (Å²) in [5.74, 6) is 0.437. The molecule has 148 valence electrons. The molecule has 29 heavy (non-hydrogen) atoms. The Morgan fingerprint density at radius 1 is 0.931 bits per heavy atom. The third kappa shape index (κ3) is 5.79. The summed E-state index contributed by atoms with van der Waals surface area (Å²) in [5.41, 5.74) is 7.31. The zero-order valence-electron chi connectivity index (χ0n) is 17.3. The molecule has 0 bridgehead atoms. The van der Waals surface area contributed by atoms with Crippen LogP contribution >= 0.6 is 0 Å². The molecule has 0 aliphatic carbocycles. The number of amides is 1. The first-order valence-corrected chi connectivity index (χ1v) is 9.62. The van der Waals surface area contributed by atoms with E-state index in [1.165, 1.54) is 11.1 Å². The Bertz CT molecular complexity index is 1050. The Hall–Kier alpha value is -3.40. The Kier molecular flexibility index (Phi) is 6.45. The molecule has 0 unspecified atom stereocenters. The molecule has 0 spiro atoms. The minimum Gasteiger partial charge on any atom is -0.484 e. The molecule has 0 atom stereocenters. The van der Waals surface area contributed by atoms with E-state index >= 15 is 0 Å². The van der Waals surface area contributed by atoms with Crippen LogP contribution in [0.5, 0.6) is 5.75 Å². The van der Waals surface area contributed by atoms with Gasteiger partial charge in [-0.3, -0.25) is 9.79 Å². The normalized spacial score (nSPS) is 10.9. The van der Waals surface area contributed by atoms with Crippen LogP contribution in [0, 0.1) is 27.7 Å². The summed E-state index contributed by atoms with van der Waals surface area (Å²) in [5, 5.41) is 2.86. The fraction of sp³-hybridized carbons (Fsp3) is 0.200. The molecule has 0 fully saturated rings. The van der Waals surface area contributed by atoms with Gasteiger partial charge in [0.2, 0.25) is 0 Å². The van der Waals surface area contributed by atoms with Crippen molar-refractivity contribution in [1.29, 1.82) is 0 Å². The monoisotopic (exact) mass is 386 g/mol. The van der Waals surface area contributed by atoms with Crippen molar-refractivity contribution in [3.63, 3.8) is 0 Å². The van der Waals surface area contributed by atoms with Gasteiger partial charge < -0.3 is 10.1 Å². The average Bonchev–Trinajstić information content (AvgIpc) is 2.69.